The molecule has 0 spiro atoms. The number of ether oxygens (including phenoxy) is 1. The largest absolute Gasteiger partial charge is 0.384 e. The molecule has 0 aromatic carbocycles. The molecule has 1 aliphatic rings. The van der Waals surface area contributed by atoms with Crippen molar-refractivity contribution in [1.82, 2.24) is 9.97 Å². The minimum Gasteiger partial charge on any atom is -0.384 e. The van der Waals surface area contributed by atoms with Crippen LogP contribution in [0.3, 0.4) is 0 Å². The van der Waals surface area contributed by atoms with Gasteiger partial charge in [0.05, 0.1) is 6.61 Å². The van der Waals surface area contributed by atoms with Crippen LogP contribution in [0, 0.1) is 12.8 Å². The number of hydrogen-bond donors (Lipinski definition) is 1. The van der Waals surface area contributed by atoms with Crippen LogP contribution in [-0.2, 0) is 4.74 Å². The first-order chi connectivity index (χ1) is 8.19. The molecule has 2 heterocycles. The van der Waals surface area contributed by atoms with Crippen LogP contribution in [0.15, 0.2) is 6.07 Å². The fraction of sp³-hybridized carbons (Fsp3) is 0.667. The van der Waals surface area contributed by atoms with Gasteiger partial charge in [0.2, 0.25) is 0 Å². The quantitative estimate of drug-likeness (QED) is 0.855. The number of nitrogens with two attached hydrogens (primary N) is 1. The third kappa shape index (κ3) is 3.06. The van der Waals surface area contributed by atoms with E-state index in [1.807, 2.05) is 13.0 Å². The van der Waals surface area contributed by atoms with Crippen LogP contribution in [0.5, 0.6) is 0 Å². The highest BCUT2D eigenvalue weighted by molar-refractivity contribution is 5.47. The molecule has 94 valence electrons. The van der Waals surface area contributed by atoms with Gasteiger partial charge in [-0.2, -0.15) is 0 Å². The van der Waals surface area contributed by atoms with Crippen molar-refractivity contribution >= 4 is 11.6 Å². The van der Waals surface area contributed by atoms with Crippen molar-refractivity contribution < 1.29 is 4.74 Å². The first-order valence-corrected chi connectivity index (χ1v) is 6.04. The summed E-state index contributed by atoms with van der Waals surface area (Å²) >= 11 is 0. The van der Waals surface area contributed by atoms with Gasteiger partial charge in [-0.15, -0.1) is 0 Å². The number of nitrogen functional groups attached to an aromatic ring is 1. The van der Waals surface area contributed by atoms with Gasteiger partial charge in [0.1, 0.15) is 17.5 Å². The Morgan fingerprint density at radius 2 is 2.35 bits per heavy atom. The lowest BCUT2D eigenvalue weighted by atomic mass is 9.99. The molecular weight excluding hydrogens is 216 g/mol. The molecule has 1 atom stereocenters. The maximum Gasteiger partial charge on any atom is 0.134 e. The Morgan fingerprint density at radius 1 is 1.53 bits per heavy atom. The molecule has 5 nitrogen and oxygen atoms in total. The predicted molar refractivity (Wildman–Crippen MR) is 68.0 cm³/mol. The van der Waals surface area contributed by atoms with E-state index in [1.165, 1.54) is 12.8 Å². The van der Waals surface area contributed by atoms with Gasteiger partial charge in [0, 0.05) is 26.3 Å². The fourth-order valence-electron chi connectivity index (χ4n) is 2.38. The average molecular weight is 236 g/mol. The summed E-state index contributed by atoms with van der Waals surface area (Å²) in [5.74, 6) is 2.80. The zero-order valence-electron chi connectivity index (χ0n) is 10.5. The standard InChI is InChI=1S/C12H20N4O/c1-9-14-11(13)6-12(15-9)16-5-3-4-10(7-16)8-17-2/h6,10H,3-5,7-8H2,1-2H3,(H2,13,14,15). The highest BCUT2D eigenvalue weighted by Gasteiger charge is 2.21. The lowest BCUT2D eigenvalue weighted by Crippen LogP contribution is -2.37. The van der Waals surface area contributed by atoms with E-state index in [2.05, 4.69) is 14.9 Å². The van der Waals surface area contributed by atoms with Gasteiger partial charge in [0.15, 0.2) is 0 Å². The van der Waals surface area contributed by atoms with Crippen molar-refractivity contribution in [1.29, 1.82) is 0 Å². The Hall–Kier alpha value is -1.36. The highest BCUT2D eigenvalue weighted by Crippen LogP contribution is 2.22. The summed E-state index contributed by atoms with van der Waals surface area (Å²) in [7, 11) is 1.76. The van der Waals surface area contributed by atoms with Crippen molar-refractivity contribution in [2.45, 2.75) is 19.8 Å². The average Bonchev–Trinajstić information content (AvgIpc) is 2.28. The summed E-state index contributed by atoms with van der Waals surface area (Å²) in [6.45, 7) is 4.71. The maximum absolute atomic E-state index is 5.76. The molecule has 0 saturated carbocycles. The second kappa shape index (κ2) is 5.31. The summed E-state index contributed by atoms with van der Waals surface area (Å²) in [5, 5.41) is 0. The number of methoxy groups -OCH3 is 1. The van der Waals surface area contributed by atoms with Crippen LogP contribution in [0.2, 0.25) is 0 Å². The zero-order chi connectivity index (χ0) is 12.3. The molecule has 5 heteroatoms. The molecule has 1 fully saturated rings. The van der Waals surface area contributed by atoms with Gasteiger partial charge in [-0.3, -0.25) is 0 Å². The van der Waals surface area contributed by atoms with Gasteiger partial charge in [-0.25, -0.2) is 9.97 Å². The molecule has 2 rings (SSSR count). The minimum atomic E-state index is 0.543. The summed E-state index contributed by atoms with van der Waals surface area (Å²) < 4.78 is 5.23. The second-order valence-corrected chi connectivity index (χ2v) is 4.61. The summed E-state index contributed by atoms with van der Waals surface area (Å²) in [4.78, 5) is 10.8. The smallest absolute Gasteiger partial charge is 0.134 e. The van der Waals surface area contributed by atoms with Crippen molar-refractivity contribution in [3.63, 3.8) is 0 Å². The van der Waals surface area contributed by atoms with Crippen LogP contribution in [-0.4, -0.2) is 36.8 Å². The Bertz CT molecular complexity index is 361. The Morgan fingerprint density at radius 3 is 3.06 bits per heavy atom. The van der Waals surface area contributed by atoms with Gasteiger partial charge in [0.25, 0.3) is 0 Å². The molecule has 1 saturated heterocycles. The Kier molecular flexibility index (Phi) is 3.78. The Labute approximate surface area is 102 Å². The normalized spacial score (nSPS) is 20.6. The lowest BCUT2D eigenvalue weighted by Gasteiger charge is -2.33. The maximum atomic E-state index is 5.76. The number of piperidine rings is 1. The van der Waals surface area contributed by atoms with Crippen molar-refractivity contribution in [2.75, 3.05) is 37.4 Å². The predicted octanol–water partition coefficient (Wildman–Crippen LogP) is 1.23. The van der Waals surface area contributed by atoms with E-state index in [0.29, 0.717) is 11.7 Å². The summed E-state index contributed by atoms with van der Waals surface area (Å²) in [6, 6.07) is 1.85. The molecule has 1 aromatic rings. The second-order valence-electron chi connectivity index (χ2n) is 4.61. The van der Waals surface area contributed by atoms with Gasteiger partial charge < -0.3 is 15.4 Å². The number of anilines is 2. The van der Waals surface area contributed by atoms with Gasteiger partial charge in [-0.05, 0) is 25.7 Å². The molecule has 1 unspecified atom stereocenters. The van der Waals surface area contributed by atoms with Crippen molar-refractivity contribution in [2.24, 2.45) is 5.92 Å². The van der Waals surface area contributed by atoms with E-state index in [9.17, 15) is 0 Å². The third-order valence-electron chi connectivity index (χ3n) is 3.09. The number of aromatic nitrogens is 2. The van der Waals surface area contributed by atoms with Crippen LogP contribution < -0.4 is 10.6 Å². The summed E-state index contributed by atoms with van der Waals surface area (Å²) in [5.41, 5.74) is 5.76. The Balaban J connectivity index is 2.10. The van der Waals surface area contributed by atoms with E-state index >= 15 is 0 Å². The van der Waals surface area contributed by atoms with E-state index in [1.54, 1.807) is 7.11 Å². The molecule has 2 N–H and O–H groups in total. The first-order valence-electron chi connectivity index (χ1n) is 6.04. The number of aryl methyl sites for hydroxylation is 1. The van der Waals surface area contributed by atoms with E-state index in [-0.39, 0.29) is 0 Å². The van der Waals surface area contributed by atoms with E-state index < -0.39 is 0 Å². The van der Waals surface area contributed by atoms with Crippen molar-refractivity contribution in [3.8, 4) is 0 Å². The third-order valence-corrected chi connectivity index (χ3v) is 3.09. The molecular formula is C12H20N4O. The first kappa shape index (κ1) is 12.1. The number of nitrogens with zero attached hydrogens (tertiary/aromatic N) is 3. The molecule has 1 aliphatic heterocycles. The molecule has 17 heavy (non-hydrogen) atoms. The van der Waals surface area contributed by atoms with Crippen molar-refractivity contribution in [3.05, 3.63) is 11.9 Å². The topological polar surface area (TPSA) is 64.3 Å². The fourth-order valence-corrected chi connectivity index (χ4v) is 2.38. The van der Waals surface area contributed by atoms with Crippen LogP contribution >= 0.6 is 0 Å². The van der Waals surface area contributed by atoms with Gasteiger partial charge >= 0.3 is 0 Å². The van der Waals surface area contributed by atoms with E-state index in [0.717, 1.165) is 31.3 Å². The molecule has 0 bridgehead atoms. The van der Waals surface area contributed by atoms with Gasteiger partial charge in [-0.1, -0.05) is 0 Å². The molecule has 0 aliphatic carbocycles. The van der Waals surface area contributed by atoms with Crippen LogP contribution in [0.1, 0.15) is 18.7 Å². The number of rotatable bonds is 3. The molecule has 1 aromatic heterocycles. The zero-order valence-corrected chi connectivity index (χ0v) is 10.5. The molecule has 0 amide bonds. The number of hydrogen-bond acceptors (Lipinski definition) is 5. The molecule has 0 radical (unpaired) electrons. The van der Waals surface area contributed by atoms with Crippen LogP contribution in [0.4, 0.5) is 11.6 Å². The minimum absolute atomic E-state index is 0.543. The highest BCUT2D eigenvalue weighted by atomic mass is 16.5. The van der Waals surface area contributed by atoms with E-state index in [4.69, 9.17) is 10.5 Å². The SMILES string of the molecule is COCC1CCCN(c2cc(N)nc(C)n2)C1. The van der Waals surface area contributed by atoms with Crippen LogP contribution in [0.25, 0.3) is 0 Å². The monoisotopic (exact) mass is 236 g/mol. The lowest BCUT2D eigenvalue weighted by molar-refractivity contribution is 0.143. The summed E-state index contributed by atoms with van der Waals surface area (Å²) in [6.07, 6.45) is 2.40.